The van der Waals surface area contributed by atoms with Crippen LogP contribution in [0.25, 0.3) is 0 Å². The van der Waals surface area contributed by atoms with Crippen molar-refractivity contribution in [3.63, 3.8) is 0 Å². The summed E-state index contributed by atoms with van der Waals surface area (Å²) < 4.78 is 0. The second kappa shape index (κ2) is 3.10. The van der Waals surface area contributed by atoms with E-state index in [1.807, 2.05) is 6.21 Å². The first kappa shape index (κ1) is 7.53. The lowest BCUT2D eigenvalue weighted by Gasteiger charge is -1.96. The Morgan fingerprint density at radius 1 is 1.33 bits per heavy atom. The molecule has 1 saturated carbocycles. The largest absolute Gasteiger partial charge is 0.289 e. The first-order valence-corrected chi connectivity index (χ1v) is 4.45. The molecule has 0 aromatic heterocycles. The summed E-state index contributed by atoms with van der Waals surface area (Å²) in [5.41, 5.74) is 2.56. The molecule has 1 nitrogen and oxygen atoms in total. The highest BCUT2D eigenvalue weighted by Gasteiger charge is 2.18. The van der Waals surface area contributed by atoms with Crippen molar-refractivity contribution in [2.75, 3.05) is 0 Å². The lowest BCUT2D eigenvalue weighted by atomic mass is 10.1. The minimum atomic E-state index is 0.629. The van der Waals surface area contributed by atoms with E-state index in [4.69, 9.17) is 0 Å². The molecule has 1 aliphatic rings. The molecule has 0 amide bonds. The van der Waals surface area contributed by atoms with Gasteiger partial charge in [0, 0.05) is 6.21 Å². The number of aliphatic imine (C=N–C) groups is 1. The first-order chi connectivity index (χ1) is 5.86. The van der Waals surface area contributed by atoms with E-state index in [1.165, 1.54) is 24.0 Å². The molecule has 1 fully saturated rings. The van der Waals surface area contributed by atoms with Gasteiger partial charge in [-0.1, -0.05) is 24.3 Å². The molecule has 1 aromatic carbocycles. The van der Waals surface area contributed by atoms with Crippen LogP contribution in [0.3, 0.4) is 0 Å². The minimum absolute atomic E-state index is 0.629. The zero-order valence-electron chi connectivity index (χ0n) is 7.33. The Labute approximate surface area is 73.1 Å². The van der Waals surface area contributed by atoms with Crippen LogP contribution in [0.5, 0.6) is 0 Å². The van der Waals surface area contributed by atoms with E-state index in [9.17, 15) is 0 Å². The smallest absolute Gasteiger partial charge is 0.0501 e. The fourth-order valence-corrected chi connectivity index (χ4v) is 1.14. The van der Waals surface area contributed by atoms with Crippen molar-refractivity contribution >= 4 is 6.21 Å². The monoisotopic (exact) mass is 159 g/mol. The van der Waals surface area contributed by atoms with Gasteiger partial charge in [-0.2, -0.15) is 0 Å². The predicted molar refractivity (Wildman–Crippen MR) is 51.8 cm³/mol. The van der Waals surface area contributed by atoms with Crippen LogP contribution in [0.1, 0.15) is 24.0 Å². The van der Waals surface area contributed by atoms with E-state index in [-0.39, 0.29) is 0 Å². The topological polar surface area (TPSA) is 12.4 Å². The molecule has 0 heterocycles. The third kappa shape index (κ3) is 1.73. The maximum absolute atomic E-state index is 4.44. The molecule has 1 aliphatic carbocycles. The second-order valence-electron chi connectivity index (χ2n) is 3.37. The van der Waals surface area contributed by atoms with Crippen LogP contribution in [0.4, 0.5) is 0 Å². The predicted octanol–water partition coefficient (Wildman–Crippen LogP) is 2.58. The van der Waals surface area contributed by atoms with Gasteiger partial charge < -0.3 is 0 Å². The molecule has 0 saturated heterocycles. The maximum atomic E-state index is 4.44. The molecular weight excluding hydrogens is 146 g/mol. The van der Waals surface area contributed by atoms with Crippen molar-refractivity contribution in [3.8, 4) is 0 Å². The number of aryl methyl sites for hydroxylation is 1. The Morgan fingerprint density at radius 3 is 2.75 bits per heavy atom. The highest BCUT2D eigenvalue weighted by Crippen LogP contribution is 2.23. The zero-order valence-corrected chi connectivity index (χ0v) is 7.33. The Bertz CT molecular complexity index is 298. The van der Waals surface area contributed by atoms with Crippen LogP contribution in [0, 0.1) is 6.92 Å². The highest BCUT2D eigenvalue weighted by molar-refractivity contribution is 5.81. The molecule has 12 heavy (non-hydrogen) atoms. The SMILES string of the molecule is Cc1ccccc1C=NC1CC1. The van der Waals surface area contributed by atoms with Crippen LogP contribution < -0.4 is 0 Å². The molecule has 0 spiro atoms. The average molecular weight is 159 g/mol. The van der Waals surface area contributed by atoms with E-state index in [0.29, 0.717) is 6.04 Å². The van der Waals surface area contributed by atoms with E-state index in [1.54, 1.807) is 0 Å². The lowest BCUT2D eigenvalue weighted by Crippen LogP contribution is -1.86. The van der Waals surface area contributed by atoms with Crippen molar-refractivity contribution in [2.24, 2.45) is 4.99 Å². The summed E-state index contributed by atoms with van der Waals surface area (Å²) in [6.07, 6.45) is 4.57. The normalized spacial score (nSPS) is 17.1. The molecule has 1 heteroatoms. The molecule has 0 unspecified atom stereocenters. The van der Waals surface area contributed by atoms with Gasteiger partial charge >= 0.3 is 0 Å². The van der Waals surface area contributed by atoms with Crippen LogP contribution in [-0.2, 0) is 0 Å². The van der Waals surface area contributed by atoms with Gasteiger partial charge in [-0.3, -0.25) is 4.99 Å². The second-order valence-corrected chi connectivity index (χ2v) is 3.37. The maximum Gasteiger partial charge on any atom is 0.0501 e. The van der Waals surface area contributed by atoms with E-state index in [0.717, 1.165) is 0 Å². The van der Waals surface area contributed by atoms with E-state index in [2.05, 4.69) is 36.2 Å². The van der Waals surface area contributed by atoms with Gasteiger partial charge in [0.25, 0.3) is 0 Å². The highest BCUT2D eigenvalue weighted by atomic mass is 14.8. The summed E-state index contributed by atoms with van der Waals surface area (Å²) in [6, 6.07) is 8.98. The quantitative estimate of drug-likeness (QED) is 0.588. The summed E-state index contributed by atoms with van der Waals surface area (Å²) in [6.45, 7) is 2.12. The van der Waals surface area contributed by atoms with Crippen molar-refractivity contribution in [3.05, 3.63) is 35.4 Å². The number of nitrogens with zero attached hydrogens (tertiary/aromatic N) is 1. The third-order valence-corrected chi connectivity index (χ3v) is 2.16. The van der Waals surface area contributed by atoms with Crippen LogP contribution >= 0.6 is 0 Å². The Kier molecular flexibility index (Phi) is 1.94. The third-order valence-electron chi connectivity index (χ3n) is 2.16. The summed E-state index contributed by atoms with van der Waals surface area (Å²) >= 11 is 0. The molecule has 2 rings (SSSR count). The van der Waals surface area contributed by atoms with Gasteiger partial charge in [0.2, 0.25) is 0 Å². The fraction of sp³-hybridized carbons (Fsp3) is 0.364. The molecule has 0 atom stereocenters. The molecule has 0 N–H and O–H groups in total. The van der Waals surface area contributed by atoms with Gasteiger partial charge in [0.1, 0.15) is 0 Å². The van der Waals surface area contributed by atoms with Crippen LogP contribution in [0.15, 0.2) is 29.3 Å². The van der Waals surface area contributed by atoms with Gasteiger partial charge in [-0.25, -0.2) is 0 Å². The Hall–Kier alpha value is -1.11. The van der Waals surface area contributed by atoms with Crippen molar-refractivity contribution in [1.29, 1.82) is 0 Å². The summed E-state index contributed by atoms with van der Waals surface area (Å²) in [5.74, 6) is 0. The van der Waals surface area contributed by atoms with Gasteiger partial charge in [0.15, 0.2) is 0 Å². The molecule has 1 aromatic rings. The van der Waals surface area contributed by atoms with Crippen LogP contribution in [0.2, 0.25) is 0 Å². The van der Waals surface area contributed by atoms with E-state index >= 15 is 0 Å². The van der Waals surface area contributed by atoms with Crippen molar-refractivity contribution in [1.82, 2.24) is 0 Å². The molecule has 0 bridgehead atoms. The minimum Gasteiger partial charge on any atom is -0.289 e. The number of hydrogen-bond acceptors (Lipinski definition) is 1. The van der Waals surface area contributed by atoms with Gasteiger partial charge in [0.05, 0.1) is 6.04 Å². The lowest BCUT2D eigenvalue weighted by molar-refractivity contribution is 1.08. The summed E-state index contributed by atoms with van der Waals surface area (Å²) in [5, 5.41) is 0. The van der Waals surface area contributed by atoms with Crippen LogP contribution in [-0.4, -0.2) is 12.3 Å². The fourth-order valence-electron chi connectivity index (χ4n) is 1.14. The standard InChI is InChI=1S/C11H13N/c1-9-4-2-3-5-10(9)8-12-11-6-7-11/h2-5,8,11H,6-7H2,1H3. The molecular formula is C11H13N. The molecule has 0 radical (unpaired) electrons. The summed E-state index contributed by atoms with van der Waals surface area (Å²) in [7, 11) is 0. The zero-order chi connectivity index (χ0) is 8.39. The van der Waals surface area contributed by atoms with Crippen molar-refractivity contribution in [2.45, 2.75) is 25.8 Å². The number of rotatable bonds is 2. The van der Waals surface area contributed by atoms with Gasteiger partial charge in [-0.05, 0) is 30.9 Å². The number of hydrogen-bond donors (Lipinski definition) is 0. The molecule has 62 valence electrons. The molecule has 0 aliphatic heterocycles. The Morgan fingerprint density at radius 2 is 2.08 bits per heavy atom. The Balaban J connectivity index is 2.15. The van der Waals surface area contributed by atoms with Crippen molar-refractivity contribution < 1.29 is 0 Å². The summed E-state index contributed by atoms with van der Waals surface area (Å²) in [4.78, 5) is 4.44. The first-order valence-electron chi connectivity index (χ1n) is 4.45. The van der Waals surface area contributed by atoms with Gasteiger partial charge in [-0.15, -0.1) is 0 Å². The number of benzene rings is 1. The average Bonchev–Trinajstić information content (AvgIpc) is 2.86. The van der Waals surface area contributed by atoms with E-state index < -0.39 is 0 Å².